The van der Waals surface area contributed by atoms with Crippen molar-refractivity contribution in [2.75, 3.05) is 0 Å². The average Bonchev–Trinajstić information content (AvgIpc) is 2.56. The molecule has 1 heterocycles. The number of aryl methyl sites for hydroxylation is 2. The SMILES string of the molecule is Cc1nn(CCCCCCC(=O)O)c(=O)cc1Cc1ccccc1Cl. The molecule has 1 aromatic carbocycles. The predicted octanol–water partition coefficient (Wildman–Crippen LogP) is 3.83. The van der Waals surface area contributed by atoms with E-state index in [-0.39, 0.29) is 12.0 Å². The molecule has 0 unspecified atom stereocenters. The van der Waals surface area contributed by atoms with Crippen LogP contribution in [0.15, 0.2) is 35.1 Å². The second kappa shape index (κ2) is 9.37. The van der Waals surface area contributed by atoms with E-state index in [2.05, 4.69) is 5.10 Å². The number of carboxylic acid groups (broad SMARTS) is 1. The first-order chi connectivity index (χ1) is 12.0. The topological polar surface area (TPSA) is 72.2 Å². The number of hydrogen-bond acceptors (Lipinski definition) is 3. The highest BCUT2D eigenvalue weighted by Gasteiger charge is 2.08. The highest BCUT2D eigenvalue weighted by Crippen LogP contribution is 2.19. The Kier molecular flexibility index (Phi) is 7.19. The molecule has 0 saturated heterocycles. The van der Waals surface area contributed by atoms with Gasteiger partial charge in [-0.1, -0.05) is 42.6 Å². The van der Waals surface area contributed by atoms with Crippen LogP contribution in [0.4, 0.5) is 0 Å². The number of aromatic nitrogens is 2. The fraction of sp³-hybridized carbons (Fsp3) is 0.421. The molecule has 6 heteroatoms. The zero-order valence-corrected chi connectivity index (χ0v) is 15.1. The van der Waals surface area contributed by atoms with Gasteiger partial charge in [0.15, 0.2) is 0 Å². The number of benzene rings is 1. The molecule has 5 nitrogen and oxygen atoms in total. The Hall–Kier alpha value is -2.14. The third kappa shape index (κ3) is 6.02. The Morgan fingerprint density at radius 2 is 1.88 bits per heavy atom. The number of unbranched alkanes of at least 4 members (excludes halogenated alkanes) is 3. The number of halogens is 1. The van der Waals surface area contributed by atoms with Gasteiger partial charge < -0.3 is 5.11 Å². The average molecular weight is 363 g/mol. The first kappa shape index (κ1) is 19.2. The van der Waals surface area contributed by atoms with E-state index in [1.54, 1.807) is 6.07 Å². The number of nitrogens with zero attached hydrogens (tertiary/aromatic N) is 2. The van der Waals surface area contributed by atoms with E-state index in [1.807, 2.05) is 31.2 Å². The van der Waals surface area contributed by atoms with Crippen LogP contribution in [0.3, 0.4) is 0 Å². The number of carboxylic acids is 1. The first-order valence-electron chi connectivity index (χ1n) is 8.50. The molecule has 2 aromatic rings. The van der Waals surface area contributed by atoms with E-state index in [1.165, 1.54) is 4.68 Å². The number of carbonyl (C=O) groups is 1. The summed E-state index contributed by atoms with van der Waals surface area (Å²) in [5, 5.41) is 13.7. The van der Waals surface area contributed by atoms with Crippen molar-refractivity contribution in [1.82, 2.24) is 9.78 Å². The molecule has 1 N–H and O–H groups in total. The molecule has 0 bridgehead atoms. The minimum atomic E-state index is -0.761. The van der Waals surface area contributed by atoms with Crippen molar-refractivity contribution in [3.05, 3.63) is 62.5 Å². The molecule has 0 saturated carbocycles. The zero-order valence-electron chi connectivity index (χ0n) is 14.4. The quantitative estimate of drug-likeness (QED) is 0.688. The number of hydrogen-bond donors (Lipinski definition) is 1. The minimum absolute atomic E-state index is 0.113. The van der Waals surface area contributed by atoms with Crippen LogP contribution in [-0.4, -0.2) is 20.9 Å². The third-order valence-corrected chi connectivity index (χ3v) is 4.51. The van der Waals surface area contributed by atoms with E-state index in [0.717, 1.165) is 36.1 Å². The molecular weight excluding hydrogens is 340 g/mol. The van der Waals surface area contributed by atoms with Crippen LogP contribution in [0.5, 0.6) is 0 Å². The maximum atomic E-state index is 12.3. The van der Waals surface area contributed by atoms with Crippen LogP contribution >= 0.6 is 11.6 Å². The minimum Gasteiger partial charge on any atom is -0.481 e. The van der Waals surface area contributed by atoms with Crippen LogP contribution in [0.1, 0.15) is 48.9 Å². The number of rotatable bonds is 9. The second-order valence-corrected chi connectivity index (χ2v) is 6.55. The summed E-state index contributed by atoms with van der Waals surface area (Å²) >= 11 is 6.19. The van der Waals surface area contributed by atoms with Gasteiger partial charge in [-0.25, -0.2) is 4.68 Å². The Morgan fingerprint density at radius 1 is 1.16 bits per heavy atom. The Morgan fingerprint density at radius 3 is 2.60 bits per heavy atom. The van der Waals surface area contributed by atoms with Crippen molar-refractivity contribution in [3.8, 4) is 0 Å². The van der Waals surface area contributed by atoms with Crippen molar-refractivity contribution in [2.45, 2.75) is 52.0 Å². The largest absolute Gasteiger partial charge is 0.481 e. The van der Waals surface area contributed by atoms with Gasteiger partial charge in [-0.2, -0.15) is 5.10 Å². The summed E-state index contributed by atoms with van der Waals surface area (Å²) in [7, 11) is 0. The molecule has 25 heavy (non-hydrogen) atoms. The van der Waals surface area contributed by atoms with Gasteiger partial charge in [0.1, 0.15) is 0 Å². The Bertz CT molecular complexity index is 786. The van der Waals surface area contributed by atoms with E-state index in [0.29, 0.717) is 24.4 Å². The molecule has 0 radical (unpaired) electrons. The van der Waals surface area contributed by atoms with Gasteiger partial charge in [0.25, 0.3) is 5.56 Å². The normalized spacial score (nSPS) is 10.8. The highest BCUT2D eigenvalue weighted by molar-refractivity contribution is 6.31. The Labute approximate surface area is 152 Å². The van der Waals surface area contributed by atoms with Gasteiger partial charge in [0.05, 0.1) is 5.69 Å². The summed E-state index contributed by atoms with van der Waals surface area (Å²) < 4.78 is 1.49. The maximum Gasteiger partial charge on any atom is 0.303 e. The molecule has 0 amide bonds. The third-order valence-electron chi connectivity index (χ3n) is 4.14. The van der Waals surface area contributed by atoms with Crippen molar-refractivity contribution in [3.63, 3.8) is 0 Å². The van der Waals surface area contributed by atoms with Crippen molar-refractivity contribution >= 4 is 17.6 Å². The highest BCUT2D eigenvalue weighted by atomic mass is 35.5. The zero-order chi connectivity index (χ0) is 18.2. The molecule has 0 aliphatic heterocycles. The standard InChI is InChI=1S/C19H23ClN2O3/c1-14-16(12-15-8-5-6-9-17(15)20)13-18(23)22(21-14)11-7-3-2-4-10-19(24)25/h5-6,8-9,13H,2-4,7,10-12H2,1H3,(H,24,25). The van der Waals surface area contributed by atoms with Gasteiger partial charge in [-0.15, -0.1) is 0 Å². The lowest BCUT2D eigenvalue weighted by atomic mass is 10.0. The van der Waals surface area contributed by atoms with Gasteiger partial charge in [-0.3, -0.25) is 9.59 Å². The lowest BCUT2D eigenvalue weighted by Gasteiger charge is -2.10. The van der Waals surface area contributed by atoms with E-state index in [4.69, 9.17) is 16.7 Å². The smallest absolute Gasteiger partial charge is 0.303 e. The molecular formula is C19H23ClN2O3. The maximum absolute atomic E-state index is 12.3. The predicted molar refractivity (Wildman–Crippen MR) is 98.2 cm³/mol. The van der Waals surface area contributed by atoms with Gasteiger partial charge in [-0.05, 0) is 37.0 Å². The fourth-order valence-corrected chi connectivity index (χ4v) is 2.90. The lowest BCUT2D eigenvalue weighted by molar-refractivity contribution is -0.137. The van der Waals surface area contributed by atoms with Crippen molar-refractivity contribution < 1.29 is 9.90 Å². The molecule has 0 spiro atoms. The Balaban J connectivity index is 1.94. The van der Waals surface area contributed by atoms with E-state index < -0.39 is 5.97 Å². The van der Waals surface area contributed by atoms with Crippen LogP contribution in [0, 0.1) is 6.92 Å². The van der Waals surface area contributed by atoms with Crippen molar-refractivity contribution in [2.24, 2.45) is 0 Å². The summed E-state index contributed by atoms with van der Waals surface area (Å²) in [6.07, 6.45) is 4.02. The van der Waals surface area contributed by atoms with Crippen molar-refractivity contribution in [1.29, 1.82) is 0 Å². The molecule has 2 rings (SSSR count). The fourth-order valence-electron chi connectivity index (χ4n) is 2.70. The van der Waals surface area contributed by atoms with E-state index >= 15 is 0 Å². The van der Waals surface area contributed by atoms with E-state index in [9.17, 15) is 9.59 Å². The summed E-state index contributed by atoms with van der Waals surface area (Å²) in [6, 6.07) is 9.23. The molecule has 0 atom stereocenters. The number of aliphatic carboxylic acids is 1. The second-order valence-electron chi connectivity index (χ2n) is 6.14. The summed E-state index contributed by atoms with van der Waals surface area (Å²) in [5.74, 6) is -0.761. The molecule has 0 fully saturated rings. The van der Waals surface area contributed by atoms with Gasteiger partial charge in [0.2, 0.25) is 0 Å². The molecule has 1 aromatic heterocycles. The van der Waals surface area contributed by atoms with Gasteiger partial charge in [0, 0.05) is 30.5 Å². The van der Waals surface area contributed by atoms with Crippen LogP contribution < -0.4 is 5.56 Å². The lowest BCUT2D eigenvalue weighted by Crippen LogP contribution is -2.24. The molecule has 0 aliphatic carbocycles. The van der Waals surface area contributed by atoms with Crippen LogP contribution in [0.25, 0.3) is 0 Å². The molecule has 0 aliphatic rings. The van der Waals surface area contributed by atoms with Gasteiger partial charge >= 0.3 is 5.97 Å². The summed E-state index contributed by atoms with van der Waals surface area (Å²) in [5.41, 5.74) is 2.57. The monoisotopic (exact) mass is 362 g/mol. The summed E-state index contributed by atoms with van der Waals surface area (Å²) in [4.78, 5) is 22.7. The summed E-state index contributed by atoms with van der Waals surface area (Å²) in [6.45, 7) is 2.45. The molecule has 134 valence electrons. The van der Waals surface area contributed by atoms with Crippen LogP contribution in [0.2, 0.25) is 5.02 Å². The van der Waals surface area contributed by atoms with Crippen LogP contribution in [-0.2, 0) is 17.8 Å². The first-order valence-corrected chi connectivity index (χ1v) is 8.88.